The van der Waals surface area contributed by atoms with Gasteiger partial charge < -0.3 is 24.8 Å². The molecule has 2 N–H and O–H groups in total. The SMILES string of the molecule is CCOc1ccc(NCc2ccc(OCC(=O)Nc3ccc(C)cc3)c(OC)c2)cc1. The van der Waals surface area contributed by atoms with Gasteiger partial charge in [-0.25, -0.2) is 0 Å². The molecule has 1 amide bonds. The third-order valence-electron chi connectivity index (χ3n) is 4.58. The highest BCUT2D eigenvalue weighted by Gasteiger charge is 2.09. The van der Waals surface area contributed by atoms with Gasteiger partial charge in [0.1, 0.15) is 5.75 Å². The van der Waals surface area contributed by atoms with E-state index in [1.54, 1.807) is 7.11 Å². The zero-order chi connectivity index (χ0) is 22.1. The van der Waals surface area contributed by atoms with Crippen LogP contribution in [0.5, 0.6) is 17.2 Å². The molecule has 0 spiro atoms. The number of ether oxygens (including phenoxy) is 3. The molecular formula is C25H28N2O4. The van der Waals surface area contributed by atoms with Crippen LogP contribution in [0, 0.1) is 6.92 Å². The molecule has 6 nitrogen and oxygen atoms in total. The normalized spacial score (nSPS) is 10.3. The first-order valence-electron chi connectivity index (χ1n) is 10.2. The Morgan fingerprint density at radius 2 is 1.58 bits per heavy atom. The van der Waals surface area contributed by atoms with Gasteiger partial charge in [-0.2, -0.15) is 0 Å². The second kappa shape index (κ2) is 10.9. The zero-order valence-corrected chi connectivity index (χ0v) is 18.1. The van der Waals surface area contributed by atoms with E-state index in [0.717, 1.165) is 28.3 Å². The van der Waals surface area contributed by atoms with E-state index in [4.69, 9.17) is 14.2 Å². The highest BCUT2D eigenvalue weighted by atomic mass is 16.5. The summed E-state index contributed by atoms with van der Waals surface area (Å²) in [6, 6.07) is 21.1. The summed E-state index contributed by atoms with van der Waals surface area (Å²) in [6.45, 7) is 5.13. The van der Waals surface area contributed by atoms with Gasteiger partial charge in [0, 0.05) is 17.9 Å². The predicted molar refractivity (Wildman–Crippen MR) is 123 cm³/mol. The third kappa shape index (κ3) is 6.67. The molecule has 0 fully saturated rings. The van der Waals surface area contributed by atoms with Gasteiger partial charge in [0.05, 0.1) is 13.7 Å². The molecule has 0 bridgehead atoms. The molecule has 0 heterocycles. The molecule has 0 saturated carbocycles. The lowest BCUT2D eigenvalue weighted by atomic mass is 10.2. The van der Waals surface area contributed by atoms with Crippen LogP contribution in [0.15, 0.2) is 66.7 Å². The van der Waals surface area contributed by atoms with E-state index in [1.165, 1.54) is 0 Å². The smallest absolute Gasteiger partial charge is 0.262 e. The Kier molecular flexibility index (Phi) is 7.76. The number of hydrogen-bond acceptors (Lipinski definition) is 5. The molecule has 0 saturated heterocycles. The van der Waals surface area contributed by atoms with E-state index in [2.05, 4.69) is 10.6 Å². The number of hydrogen-bond donors (Lipinski definition) is 2. The van der Waals surface area contributed by atoms with Crippen LogP contribution in [-0.4, -0.2) is 26.2 Å². The van der Waals surface area contributed by atoms with Gasteiger partial charge in [0.2, 0.25) is 0 Å². The van der Waals surface area contributed by atoms with Gasteiger partial charge in [-0.05, 0) is 67.9 Å². The van der Waals surface area contributed by atoms with Crippen LogP contribution in [0.1, 0.15) is 18.1 Å². The first-order chi connectivity index (χ1) is 15.1. The molecule has 0 atom stereocenters. The minimum absolute atomic E-state index is 0.103. The van der Waals surface area contributed by atoms with Crippen molar-refractivity contribution in [3.8, 4) is 17.2 Å². The molecule has 31 heavy (non-hydrogen) atoms. The van der Waals surface area contributed by atoms with E-state index in [1.807, 2.05) is 80.6 Å². The van der Waals surface area contributed by atoms with E-state index in [9.17, 15) is 4.79 Å². The summed E-state index contributed by atoms with van der Waals surface area (Å²) in [4.78, 5) is 12.2. The number of aryl methyl sites for hydroxylation is 1. The molecule has 0 unspecified atom stereocenters. The largest absolute Gasteiger partial charge is 0.494 e. The first-order valence-corrected chi connectivity index (χ1v) is 10.2. The Bertz CT molecular complexity index is 985. The van der Waals surface area contributed by atoms with Crippen molar-refractivity contribution >= 4 is 17.3 Å². The molecule has 6 heteroatoms. The second-order valence-electron chi connectivity index (χ2n) is 7.00. The summed E-state index contributed by atoms with van der Waals surface area (Å²) in [5.41, 5.74) is 3.90. The van der Waals surface area contributed by atoms with Crippen molar-refractivity contribution in [2.75, 3.05) is 31.0 Å². The van der Waals surface area contributed by atoms with E-state index in [-0.39, 0.29) is 12.5 Å². The summed E-state index contributed by atoms with van der Waals surface area (Å²) in [5.74, 6) is 1.72. The number of rotatable bonds is 10. The quantitative estimate of drug-likeness (QED) is 0.481. The van der Waals surface area contributed by atoms with Crippen molar-refractivity contribution in [3.05, 3.63) is 77.9 Å². The van der Waals surface area contributed by atoms with Crippen LogP contribution in [-0.2, 0) is 11.3 Å². The van der Waals surface area contributed by atoms with Crippen LogP contribution in [0.2, 0.25) is 0 Å². The zero-order valence-electron chi connectivity index (χ0n) is 18.1. The Morgan fingerprint density at radius 3 is 2.26 bits per heavy atom. The fourth-order valence-electron chi connectivity index (χ4n) is 2.96. The Labute approximate surface area is 183 Å². The van der Waals surface area contributed by atoms with Crippen molar-refractivity contribution in [2.24, 2.45) is 0 Å². The molecular weight excluding hydrogens is 392 g/mol. The minimum Gasteiger partial charge on any atom is -0.494 e. The van der Waals surface area contributed by atoms with Crippen molar-refractivity contribution in [1.82, 2.24) is 0 Å². The Balaban J connectivity index is 1.54. The molecule has 0 radical (unpaired) electrons. The number of methoxy groups -OCH3 is 1. The van der Waals surface area contributed by atoms with Crippen LogP contribution in [0.4, 0.5) is 11.4 Å². The molecule has 0 aliphatic rings. The summed E-state index contributed by atoms with van der Waals surface area (Å²) in [5, 5.41) is 6.18. The average molecular weight is 421 g/mol. The molecule has 3 rings (SSSR count). The Morgan fingerprint density at radius 1 is 0.871 bits per heavy atom. The molecule has 3 aromatic rings. The van der Waals surface area contributed by atoms with Gasteiger partial charge in [0.15, 0.2) is 18.1 Å². The van der Waals surface area contributed by atoms with Crippen molar-refractivity contribution < 1.29 is 19.0 Å². The van der Waals surface area contributed by atoms with E-state index in [0.29, 0.717) is 24.7 Å². The maximum Gasteiger partial charge on any atom is 0.262 e. The highest BCUT2D eigenvalue weighted by Crippen LogP contribution is 2.28. The minimum atomic E-state index is -0.229. The lowest BCUT2D eigenvalue weighted by molar-refractivity contribution is -0.118. The van der Waals surface area contributed by atoms with Crippen LogP contribution < -0.4 is 24.8 Å². The summed E-state index contributed by atoms with van der Waals surface area (Å²) in [6.07, 6.45) is 0. The first kappa shape index (κ1) is 22.0. The van der Waals surface area contributed by atoms with Gasteiger partial charge in [-0.15, -0.1) is 0 Å². The van der Waals surface area contributed by atoms with Gasteiger partial charge in [0.25, 0.3) is 5.91 Å². The number of carbonyl (C=O) groups is 1. The number of anilines is 2. The molecule has 0 aliphatic carbocycles. The standard InChI is InChI=1S/C25H28N2O4/c1-4-30-22-12-10-20(11-13-22)26-16-19-7-14-23(24(15-19)29-3)31-17-25(28)27-21-8-5-18(2)6-9-21/h5-15,26H,4,16-17H2,1-3H3,(H,27,28). The summed E-state index contributed by atoms with van der Waals surface area (Å²) < 4.78 is 16.6. The number of nitrogens with one attached hydrogen (secondary N) is 2. The molecule has 3 aromatic carbocycles. The lowest BCUT2D eigenvalue weighted by Gasteiger charge is -2.13. The number of carbonyl (C=O) groups excluding carboxylic acids is 1. The second-order valence-corrected chi connectivity index (χ2v) is 7.00. The van der Waals surface area contributed by atoms with Gasteiger partial charge in [-0.3, -0.25) is 4.79 Å². The number of benzene rings is 3. The topological polar surface area (TPSA) is 68.8 Å². The molecule has 0 aliphatic heterocycles. The van der Waals surface area contributed by atoms with E-state index >= 15 is 0 Å². The summed E-state index contributed by atoms with van der Waals surface area (Å²) in [7, 11) is 1.58. The van der Waals surface area contributed by atoms with E-state index < -0.39 is 0 Å². The predicted octanol–water partition coefficient (Wildman–Crippen LogP) is 5.03. The third-order valence-corrected chi connectivity index (χ3v) is 4.58. The summed E-state index contributed by atoms with van der Waals surface area (Å²) >= 11 is 0. The average Bonchev–Trinajstić information content (AvgIpc) is 2.79. The van der Waals surface area contributed by atoms with Crippen LogP contribution in [0.25, 0.3) is 0 Å². The maximum atomic E-state index is 12.2. The van der Waals surface area contributed by atoms with Gasteiger partial charge >= 0.3 is 0 Å². The maximum absolute atomic E-state index is 12.2. The Hall–Kier alpha value is -3.67. The van der Waals surface area contributed by atoms with Crippen LogP contribution >= 0.6 is 0 Å². The molecule has 0 aromatic heterocycles. The number of amides is 1. The van der Waals surface area contributed by atoms with Crippen LogP contribution in [0.3, 0.4) is 0 Å². The fourth-order valence-corrected chi connectivity index (χ4v) is 2.96. The van der Waals surface area contributed by atoms with Crippen molar-refractivity contribution in [2.45, 2.75) is 20.4 Å². The highest BCUT2D eigenvalue weighted by molar-refractivity contribution is 5.91. The van der Waals surface area contributed by atoms with Crippen molar-refractivity contribution in [1.29, 1.82) is 0 Å². The van der Waals surface area contributed by atoms with Crippen molar-refractivity contribution in [3.63, 3.8) is 0 Å². The fraction of sp³-hybridized carbons (Fsp3) is 0.240. The lowest BCUT2D eigenvalue weighted by Crippen LogP contribution is -2.20. The molecule has 162 valence electrons. The monoisotopic (exact) mass is 420 g/mol. The van der Waals surface area contributed by atoms with Gasteiger partial charge in [-0.1, -0.05) is 23.8 Å².